The number of aromatic nitrogens is 1. The van der Waals surface area contributed by atoms with E-state index in [1.165, 1.54) is 12.3 Å². The molecule has 0 aliphatic carbocycles. The summed E-state index contributed by atoms with van der Waals surface area (Å²) in [4.78, 5) is 14.1. The van der Waals surface area contributed by atoms with Gasteiger partial charge in [-0.15, -0.1) is 0 Å². The normalized spacial score (nSPS) is 11.6. The number of ether oxygens (including phenoxy) is 1. The quantitative estimate of drug-likeness (QED) is 0.680. The smallest absolute Gasteiger partial charge is 0.270 e. The minimum Gasteiger partial charge on any atom is -0.383 e. The second kappa shape index (κ2) is 7.82. The van der Waals surface area contributed by atoms with Gasteiger partial charge in [0.25, 0.3) is 15.0 Å². The van der Waals surface area contributed by atoms with Crippen LogP contribution in [-0.2, 0) is 20.3 Å². The van der Waals surface area contributed by atoms with Crippen LogP contribution < -0.4 is 0 Å². The first-order valence-electron chi connectivity index (χ1n) is 6.78. The maximum absolute atomic E-state index is 12.5. The Morgan fingerprint density at radius 3 is 2.57 bits per heavy atom. The predicted molar refractivity (Wildman–Crippen MR) is 81.2 cm³/mol. The van der Waals surface area contributed by atoms with Gasteiger partial charge in [0.1, 0.15) is 10.6 Å². The van der Waals surface area contributed by atoms with Crippen LogP contribution in [-0.4, -0.2) is 50.6 Å². The summed E-state index contributed by atoms with van der Waals surface area (Å²) in [5.74, 6) is -0.206. The van der Waals surface area contributed by atoms with E-state index in [0.717, 1.165) is 6.42 Å². The molecule has 0 radical (unpaired) electrons. The van der Waals surface area contributed by atoms with E-state index in [2.05, 4.69) is 0 Å². The molecule has 0 atom stereocenters. The largest absolute Gasteiger partial charge is 0.383 e. The Morgan fingerprint density at radius 2 is 2.10 bits per heavy atom. The van der Waals surface area contributed by atoms with E-state index >= 15 is 0 Å². The fraction of sp³-hybridized carbons (Fsp3) is 0.615. The summed E-state index contributed by atoms with van der Waals surface area (Å²) in [7, 11) is 3.03. The topological polar surface area (TPSA) is 68.6 Å². The molecular weight excluding hydrogens is 316 g/mol. The Hall–Kier alpha value is -1.05. The number of methoxy groups -OCH3 is 1. The minimum atomic E-state index is -3.87. The Morgan fingerprint density at radius 1 is 1.43 bits per heavy atom. The summed E-state index contributed by atoms with van der Waals surface area (Å²) < 4.78 is 29.5. The van der Waals surface area contributed by atoms with E-state index in [-0.39, 0.29) is 10.8 Å². The summed E-state index contributed by atoms with van der Waals surface area (Å²) in [6, 6.07) is 1.32. The lowest BCUT2D eigenvalue weighted by Gasteiger charge is -2.20. The number of carbonyl (C=O) groups excluding carboxylic acids is 1. The van der Waals surface area contributed by atoms with Crippen LogP contribution in [0.5, 0.6) is 0 Å². The average Bonchev–Trinajstić information content (AvgIpc) is 2.85. The maximum Gasteiger partial charge on any atom is 0.270 e. The van der Waals surface area contributed by atoms with Gasteiger partial charge in [-0.25, -0.2) is 8.42 Å². The highest BCUT2D eigenvalue weighted by Gasteiger charge is 2.22. The number of amides is 1. The van der Waals surface area contributed by atoms with Crippen LogP contribution >= 0.6 is 10.7 Å². The van der Waals surface area contributed by atoms with Gasteiger partial charge in [-0.05, 0) is 19.4 Å². The lowest BCUT2D eigenvalue weighted by Crippen LogP contribution is -2.33. The molecule has 0 saturated heterocycles. The highest BCUT2D eigenvalue weighted by atomic mass is 35.7. The molecule has 1 amide bonds. The Bertz CT molecular complexity index is 583. The van der Waals surface area contributed by atoms with Gasteiger partial charge >= 0.3 is 0 Å². The highest BCUT2D eigenvalue weighted by molar-refractivity contribution is 8.13. The molecule has 0 spiro atoms. The lowest BCUT2D eigenvalue weighted by molar-refractivity contribution is 0.0751. The zero-order valence-corrected chi connectivity index (χ0v) is 14.1. The third-order valence-electron chi connectivity index (χ3n) is 3.07. The molecule has 8 heteroatoms. The van der Waals surface area contributed by atoms with Crippen molar-refractivity contribution in [3.05, 3.63) is 18.0 Å². The van der Waals surface area contributed by atoms with Crippen LogP contribution in [0.15, 0.2) is 17.2 Å². The number of rotatable bonds is 8. The first-order valence-corrected chi connectivity index (χ1v) is 9.09. The van der Waals surface area contributed by atoms with E-state index < -0.39 is 9.05 Å². The molecule has 21 heavy (non-hydrogen) atoms. The fourth-order valence-electron chi connectivity index (χ4n) is 2.01. The summed E-state index contributed by atoms with van der Waals surface area (Å²) in [6.45, 7) is 5.80. The maximum atomic E-state index is 12.5. The van der Waals surface area contributed by atoms with Gasteiger partial charge in [0.15, 0.2) is 0 Å². The van der Waals surface area contributed by atoms with Crippen molar-refractivity contribution in [2.45, 2.75) is 31.7 Å². The molecule has 0 unspecified atom stereocenters. The van der Waals surface area contributed by atoms with Crippen LogP contribution in [0.4, 0.5) is 0 Å². The summed E-state index contributed by atoms with van der Waals surface area (Å²) in [5, 5.41) is 0. The number of hydrogen-bond donors (Lipinski definition) is 0. The Balaban J connectivity index is 3.18. The van der Waals surface area contributed by atoms with Crippen molar-refractivity contribution < 1.29 is 17.9 Å². The van der Waals surface area contributed by atoms with Crippen molar-refractivity contribution in [2.24, 2.45) is 0 Å². The SMILES string of the molecule is CCCN(CC)C(=O)c1cc(S(=O)(=O)Cl)cn1CCOC. The van der Waals surface area contributed by atoms with Gasteiger partial charge in [0, 0.05) is 43.6 Å². The van der Waals surface area contributed by atoms with Crippen molar-refractivity contribution in [1.82, 2.24) is 9.47 Å². The van der Waals surface area contributed by atoms with Crippen LogP contribution in [0.1, 0.15) is 30.8 Å². The van der Waals surface area contributed by atoms with Gasteiger partial charge in [0.05, 0.1) is 6.61 Å². The van der Waals surface area contributed by atoms with Crippen LogP contribution in [0.3, 0.4) is 0 Å². The van der Waals surface area contributed by atoms with Crippen molar-refractivity contribution in [3.63, 3.8) is 0 Å². The molecule has 6 nitrogen and oxygen atoms in total. The molecule has 0 aliphatic heterocycles. The van der Waals surface area contributed by atoms with E-state index in [9.17, 15) is 13.2 Å². The van der Waals surface area contributed by atoms with Crippen molar-refractivity contribution in [1.29, 1.82) is 0 Å². The van der Waals surface area contributed by atoms with Crippen molar-refractivity contribution in [3.8, 4) is 0 Å². The zero-order chi connectivity index (χ0) is 16.0. The Labute approximate surface area is 130 Å². The van der Waals surface area contributed by atoms with Gasteiger partial charge < -0.3 is 14.2 Å². The number of nitrogens with zero attached hydrogens (tertiary/aromatic N) is 2. The molecule has 0 fully saturated rings. The van der Waals surface area contributed by atoms with Crippen LogP contribution in [0, 0.1) is 0 Å². The lowest BCUT2D eigenvalue weighted by atomic mass is 10.3. The Kier molecular flexibility index (Phi) is 6.70. The molecule has 1 rings (SSSR count). The van der Waals surface area contributed by atoms with Crippen molar-refractivity contribution in [2.75, 3.05) is 26.8 Å². The summed E-state index contributed by atoms with van der Waals surface area (Å²) in [5.41, 5.74) is 0.307. The molecule has 0 N–H and O–H groups in total. The molecular formula is C13H21ClN2O4S. The third-order valence-corrected chi connectivity index (χ3v) is 4.39. The van der Waals surface area contributed by atoms with Crippen molar-refractivity contribution >= 4 is 25.6 Å². The molecule has 0 bridgehead atoms. The first kappa shape index (κ1) is 18.0. The van der Waals surface area contributed by atoms with Gasteiger partial charge in [0.2, 0.25) is 0 Å². The van der Waals surface area contributed by atoms with Gasteiger partial charge in [-0.1, -0.05) is 6.92 Å². The molecule has 0 saturated carbocycles. The number of carbonyl (C=O) groups is 1. The second-order valence-electron chi connectivity index (χ2n) is 4.57. The van der Waals surface area contributed by atoms with Crippen LogP contribution in [0.25, 0.3) is 0 Å². The predicted octanol–water partition coefficient (Wildman–Crippen LogP) is 1.93. The number of hydrogen-bond acceptors (Lipinski definition) is 4. The van der Waals surface area contributed by atoms with E-state index in [1.54, 1.807) is 16.6 Å². The van der Waals surface area contributed by atoms with Crippen LogP contribution in [0.2, 0.25) is 0 Å². The van der Waals surface area contributed by atoms with E-state index in [1.807, 2.05) is 13.8 Å². The number of halogens is 1. The van der Waals surface area contributed by atoms with E-state index in [4.69, 9.17) is 15.4 Å². The molecule has 0 aromatic carbocycles. The monoisotopic (exact) mass is 336 g/mol. The van der Waals surface area contributed by atoms with E-state index in [0.29, 0.717) is 31.9 Å². The zero-order valence-electron chi connectivity index (χ0n) is 12.5. The first-order chi connectivity index (χ1) is 9.85. The molecule has 1 aromatic rings. The molecule has 0 aliphatic rings. The summed E-state index contributed by atoms with van der Waals surface area (Å²) in [6.07, 6.45) is 2.20. The van der Waals surface area contributed by atoms with Gasteiger partial charge in [-0.2, -0.15) is 0 Å². The fourth-order valence-corrected chi connectivity index (χ4v) is 2.76. The second-order valence-corrected chi connectivity index (χ2v) is 7.14. The summed E-state index contributed by atoms with van der Waals surface area (Å²) >= 11 is 0. The standard InChI is InChI=1S/C13H21ClN2O4S/c1-4-6-15(5-2)13(17)12-9-11(21(14,18)19)10-16(12)7-8-20-3/h9-10H,4-8H2,1-3H3. The molecule has 1 heterocycles. The highest BCUT2D eigenvalue weighted by Crippen LogP contribution is 2.20. The minimum absolute atomic E-state index is 0.0730. The third kappa shape index (κ3) is 4.72. The average molecular weight is 337 g/mol. The molecule has 120 valence electrons. The van der Waals surface area contributed by atoms with Gasteiger partial charge in [-0.3, -0.25) is 4.79 Å². The molecule has 1 aromatic heterocycles.